The molecule has 0 aliphatic heterocycles. The zero-order valence-electron chi connectivity index (χ0n) is 12.8. The summed E-state index contributed by atoms with van der Waals surface area (Å²) in [6.07, 6.45) is 7.08. The first kappa shape index (κ1) is 15.2. The fraction of sp³-hybridized carbons (Fsp3) is 0.176. The van der Waals surface area contributed by atoms with Crippen LogP contribution in [-0.2, 0) is 6.54 Å². The van der Waals surface area contributed by atoms with Crippen LogP contribution in [0.2, 0.25) is 5.15 Å². The van der Waals surface area contributed by atoms with Crippen LogP contribution in [0.15, 0.2) is 36.5 Å². The quantitative estimate of drug-likeness (QED) is 0.691. The molecule has 0 radical (unpaired) electrons. The molecule has 1 aromatic carbocycles. The lowest BCUT2D eigenvalue weighted by atomic mass is 10.2. The molecule has 0 bridgehead atoms. The van der Waals surface area contributed by atoms with Crippen molar-refractivity contribution in [1.29, 1.82) is 0 Å². The Kier molecular flexibility index (Phi) is 4.09. The molecule has 3 rings (SSSR count). The Hall–Kier alpha value is -2.71. The molecule has 0 aliphatic carbocycles. The highest BCUT2D eigenvalue weighted by Crippen LogP contribution is 2.25. The minimum atomic E-state index is 0.364. The van der Waals surface area contributed by atoms with Crippen LogP contribution >= 0.6 is 11.6 Å². The van der Waals surface area contributed by atoms with Gasteiger partial charge >= 0.3 is 0 Å². The fourth-order valence-corrected chi connectivity index (χ4v) is 2.57. The number of aromatic nitrogens is 3. The smallest absolute Gasteiger partial charge is 0.178 e. The molecule has 0 aliphatic rings. The fourth-order valence-electron chi connectivity index (χ4n) is 2.39. The van der Waals surface area contributed by atoms with Crippen molar-refractivity contribution >= 4 is 22.9 Å². The normalized spacial score (nSPS) is 10.5. The maximum atomic E-state index is 6.12. The third-order valence-corrected chi connectivity index (χ3v) is 3.74. The van der Waals surface area contributed by atoms with E-state index in [-0.39, 0.29) is 0 Å². The van der Waals surface area contributed by atoms with E-state index in [0.717, 1.165) is 17.0 Å². The summed E-state index contributed by atoms with van der Waals surface area (Å²) in [6.45, 7) is 0.693. The van der Waals surface area contributed by atoms with Gasteiger partial charge in [0.1, 0.15) is 11.4 Å². The molecule has 5 nitrogen and oxygen atoms in total. The number of methoxy groups -OCH3 is 1. The molecule has 0 saturated heterocycles. The van der Waals surface area contributed by atoms with Crippen molar-refractivity contribution in [3.8, 4) is 18.1 Å². The van der Waals surface area contributed by atoms with E-state index in [1.807, 2.05) is 31.3 Å². The SMILES string of the molecule is C#Cc1cnc2c(N(C)Cc3ccc(OC)cc3)cc(Cl)nn12. The van der Waals surface area contributed by atoms with Gasteiger partial charge in [-0.05, 0) is 23.6 Å². The van der Waals surface area contributed by atoms with Gasteiger partial charge in [-0.3, -0.25) is 0 Å². The molecule has 0 N–H and O–H groups in total. The number of rotatable bonds is 4. The van der Waals surface area contributed by atoms with E-state index in [2.05, 4.69) is 20.9 Å². The second-order valence-corrected chi connectivity index (χ2v) is 5.47. The standard InChI is InChI=1S/C17H15ClN4O/c1-4-13-10-19-17-15(9-16(18)20-22(13)17)21(2)11-12-5-7-14(23-3)8-6-12/h1,5-10H,11H2,2-3H3. The third kappa shape index (κ3) is 2.94. The molecule has 0 unspecified atom stereocenters. The van der Waals surface area contributed by atoms with Gasteiger partial charge in [0.15, 0.2) is 10.8 Å². The van der Waals surface area contributed by atoms with E-state index < -0.39 is 0 Å². The minimum Gasteiger partial charge on any atom is -0.497 e. The second kappa shape index (κ2) is 6.19. The van der Waals surface area contributed by atoms with Crippen molar-refractivity contribution in [2.45, 2.75) is 6.54 Å². The van der Waals surface area contributed by atoms with Gasteiger partial charge in [-0.15, -0.1) is 6.42 Å². The van der Waals surface area contributed by atoms with Gasteiger partial charge in [0, 0.05) is 19.7 Å². The Balaban J connectivity index is 1.95. The molecule has 0 saturated carbocycles. The molecule has 0 amide bonds. The third-order valence-electron chi connectivity index (χ3n) is 3.56. The van der Waals surface area contributed by atoms with Crippen molar-refractivity contribution in [1.82, 2.24) is 14.6 Å². The largest absolute Gasteiger partial charge is 0.497 e. The molecule has 116 valence electrons. The second-order valence-electron chi connectivity index (χ2n) is 5.08. The maximum absolute atomic E-state index is 6.12. The summed E-state index contributed by atoms with van der Waals surface area (Å²) in [5.41, 5.74) is 3.25. The van der Waals surface area contributed by atoms with Crippen molar-refractivity contribution in [3.05, 3.63) is 52.9 Å². The minimum absolute atomic E-state index is 0.364. The molecule has 0 atom stereocenters. The number of halogens is 1. The van der Waals surface area contributed by atoms with Gasteiger partial charge in [-0.2, -0.15) is 5.10 Å². The highest BCUT2D eigenvalue weighted by atomic mass is 35.5. The van der Waals surface area contributed by atoms with Gasteiger partial charge in [0.2, 0.25) is 0 Å². The average molecular weight is 327 g/mol. The van der Waals surface area contributed by atoms with E-state index in [1.165, 1.54) is 0 Å². The van der Waals surface area contributed by atoms with Crippen LogP contribution in [0.1, 0.15) is 11.3 Å². The molecule has 6 heteroatoms. The van der Waals surface area contributed by atoms with E-state index in [9.17, 15) is 0 Å². The van der Waals surface area contributed by atoms with Crippen LogP contribution in [0.3, 0.4) is 0 Å². The highest BCUT2D eigenvalue weighted by Gasteiger charge is 2.13. The summed E-state index contributed by atoms with van der Waals surface area (Å²) in [5, 5.41) is 4.58. The van der Waals surface area contributed by atoms with Gasteiger partial charge in [0.25, 0.3) is 0 Å². The van der Waals surface area contributed by atoms with Crippen LogP contribution in [0.25, 0.3) is 5.65 Å². The van der Waals surface area contributed by atoms with Gasteiger partial charge < -0.3 is 9.64 Å². The Labute approximate surface area is 139 Å². The van der Waals surface area contributed by atoms with Crippen molar-refractivity contribution in [2.75, 3.05) is 19.1 Å². The first-order chi connectivity index (χ1) is 11.1. The maximum Gasteiger partial charge on any atom is 0.178 e. The number of benzene rings is 1. The monoisotopic (exact) mass is 326 g/mol. The number of nitrogens with zero attached hydrogens (tertiary/aromatic N) is 4. The summed E-state index contributed by atoms with van der Waals surface area (Å²) in [6, 6.07) is 9.70. The molecule has 3 aromatic rings. The molecule has 23 heavy (non-hydrogen) atoms. The number of fused-ring (bicyclic) bond motifs is 1. The predicted octanol–water partition coefficient (Wildman–Crippen LogP) is 3.01. The molecule has 0 fully saturated rings. The molecule has 0 spiro atoms. The lowest BCUT2D eigenvalue weighted by molar-refractivity contribution is 0.414. The highest BCUT2D eigenvalue weighted by molar-refractivity contribution is 6.29. The number of anilines is 1. The molecule has 2 heterocycles. The zero-order chi connectivity index (χ0) is 16.4. The van der Waals surface area contributed by atoms with E-state index in [0.29, 0.717) is 23.0 Å². The van der Waals surface area contributed by atoms with Crippen LogP contribution in [0.4, 0.5) is 5.69 Å². The van der Waals surface area contributed by atoms with Crippen molar-refractivity contribution in [3.63, 3.8) is 0 Å². The predicted molar refractivity (Wildman–Crippen MR) is 91.0 cm³/mol. The summed E-state index contributed by atoms with van der Waals surface area (Å²) in [5.74, 6) is 3.38. The number of ether oxygens (including phenoxy) is 1. The zero-order valence-corrected chi connectivity index (χ0v) is 13.6. The summed E-state index contributed by atoms with van der Waals surface area (Å²) in [4.78, 5) is 6.41. The molecule has 2 aromatic heterocycles. The Morgan fingerprint density at radius 2 is 2.09 bits per heavy atom. The van der Waals surface area contributed by atoms with Crippen LogP contribution < -0.4 is 9.64 Å². The van der Waals surface area contributed by atoms with Crippen LogP contribution in [0.5, 0.6) is 5.75 Å². The summed E-state index contributed by atoms with van der Waals surface area (Å²) >= 11 is 6.12. The van der Waals surface area contributed by atoms with Gasteiger partial charge in [-0.25, -0.2) is 9.50 Å². The first-order valence-electron chi connectivity index (χ1n) is 6.97. The summed E-state index contributed by atoms with van der Waals surface area (Å²) in [7, 11) is 3.62. The Bertz CT molecular complexity index is 880. The van der Waals surface area contributed by atoms with Gasteiger partial charge in [0.05, 0.1) is 19.0 Å². The lowest BCUT2D eigenvalue weighted by Crippen LogP contribution is -2.18. The van der Waals surface area contributed by atoms with Crippen LogP contribution in [-0.4, -0.2) is 28.8 Å². The van der Waals surface area contributed by atoms with Crippen LogP contribution in [0, 0.1) is 12.3 Å². The first-order valence-corrected chi connectivity index (χ1v) is 7.35. The number of hydrogen-bond donors (Lipinski definition) is 0. The topological polar surface area (TPSA) is 42.7 Å². The van der Waals surface area contributed by atoms with E-state index in [1.54, 1.807) is 23.9 Å². The Morgan fingerprint density at radius 3 is 2.74 bits per heavy atom. The lowest BCUT2D eigenvalue weighted by Gasteiger charge is -2.20. The Morgan fingerprint density at radius 1 is 1.35 bits per heavy atom. The molecular weight excluding hydrogens is 312 g/mol. The van der Waals surface area contributed by atoms with Crippen molar-refractivity contribution in [2.24, 2.45) is 0 Å². The van der Waals surface area contributed by atoms with Crippen molar-refractivity contribution < 1.29 is 4.74 Å². The van der Waals surface area contributed by atoms with E-state index in [4.69, 9.17) is 22.8 Å². The van der Waals surface area contributed by atoms with Gasteiger partial charge in [-0.1, -0.05) is 23.7 Å². The molecular formula is C17H15ClN4O. The number of hydrogen-bond acceptors (Lipinski definition) is 4. The van der Waals surface area contributed by atoms with E-state index >= 15 is 0 Å². The number of terminal acetylenes is 1. The number of imidazole rings is 1. The summed E-state index contributed by atoms with van der Waals surface area (Å²) < 4.78 is 6.76. The average Bonchev–Trinajstić information content (AvgIpc) is 2.97.